The van der Waals surface area contributed by atoms with Crippen molar-refractivity contribution in [1.29, 1.82) is 0 Å². The van der Waals surface area contributed by atoms with Crippen molar-refractivity contribution in [3.05, 3.63) is 24.3 Å². The van der Waals surface area contributed by atoms with Crippen LogP contribution in [0.5, 0.6) is 11.5 Å². The van der Waals surface area contributed by atoms with Gasteiger partial charge in [0.2, 0.25) is 0 Å². The monoisotopic (exact) mass is 251 g/mol. The molecule has 0 atom stereocenters. The van der Waals surface area contributed by atoms with Gasteiger partial charge in [-0.25, -0.2) is 0 Å². The van der Waals surface area contributed by atoms with E-state index in [1.807, 2.05) is 31.2 Å². The van der Waals surface area contributed by atoms with E-state index >= 15 is 0 Å². The molecule has 0 saturated carbocycles. The van der Waals surface area contributed by atoms with E-state index in [-0.39, 0.29) is 5.41 Å². The van der Waals surface area contributed by atoms with Crippen LogP contribution >= 0.6 is 0 Å². The summed E-state index contributed by atoms with van der Waals surface area (Å²) in [5.74, 6) is 1.73. The fraction of sp³-hybridized carbons (Fsp3) is 0.600. The van der Waals surface area contributed by atoms with Crippen LogP contribution in [0, 0.1) is 5.41 Å². The van der Waals surface area contributed by atoms with Crippen molar-refractivity contribution in [3.63, 3.8) is 0 Å². The Morgan fingerprint density at radius 2 is 1.83 bits per heavy atom. The molecule has 0 aliphatic heterocycles. The molecule has 3 nitrogen and oxygen atoms in total. The van der Waals surface area contributed by atoms with Gasteiger partial charge >= 0.3 is 0 Å². The maximum atomic E-state index is 5.71. The van der Waals surface area contributed by atoms with Gasteiger partial charge in [0.1, 0.15) is 11.5 Å². The van der Waals surface area contributed by atoms with E-state index < -0.39 is 0 Å². The first-order valence-electron chi connectivity index (χ1n) is 6.63. The van der Waals surface area contributed by atoms with Gasteiger partial charge in [-0.2, -0.15) is 0 Å². The molecule has 1 aromatic carbocycles. The number of benzene rings is 1. The van der Waals surface area contributed by atoms with Gasteiger partial charge in [0.25, 0.3) is 0 Å². The second-order valence-electron chi connectivity index (χ2n) is 5.23. The van der Waals surface area contributed by atoms with Gasteiger partial charge in [0, 0.05) is 6.07 Å². The van der Waals surface area contributed by atoms with Crippen LogP contribution in [-0.4, -0.2) is 19.8 Å². The van der Waals surface area contributed by atoms with Gasteiger partial charge in [-0.1, -0.05) is 19.9 Å². The van der Waals surface area contributed by atoms with Crippen molar-refractivity contribution in [2.24, 2.45) is 11.1 Å². The summed E-state index contributed by atoms with van der Waals surface area (Å²) in [5, 5.41) is 0. The molecule has 102 valence electrons. The minimum Gasteiger partial charge on any atom is -0.494 e. The lowest BCUT2D eigenvalue weighted by molar-refractivity contribution is 0.259. The third-order valence-corrected chi connectivity index (χ3v) is 2.94. The van der Waals surface area contributed by atoms with Gasteiger partial charge in [0.05, 0.1) is 13.2 Å². The third kappa shape index (κ3) is 5.41. The van der Waals surface area contributed by atoms with Crippen molar-refractivity contribution < 1.29 is 9.47 Å². The first kappa shape index (κ1) is 14.8. The van der Waals surface area contributed by atoms with Crippen molar-refractivity contribution in [2.45, 2.75) is 33.6 Å². The Morgan fingerprint density at radius 1 is 1.17 bits per heavy atom. The first-order valence-corrected chi connectivity index (χ1v) is 6.63. The Morgan fingerprint density at radius 3 is 2.44 bits per heavy atom. The molecule has 2 N–H and O–H groups in total. The van der Waals surface area contributed by atoms with Crippen LogP contribution in [0.15, 0.2) is 24.3 Å². The lowest BCUT2D eigenvalue weighted by atomic mass is 9.88. The highest BCUT2D eigenvalue weighted by molar-refractivity contribution is 5.32. The lowest BCUT2D eigenvalue weighted by Gasteiger charge is -2.21. The average Bonchev–Trinajstić information content (AvgIpc) is 2.36. The Kier molecular flexibility index (Phi) is 5.99. The molecule has 0 fully saturated rings. The summed E-state index contributed by atoms with van der Waals surface area (Å²) in [6.45, 7) is 8.45. The predicted molar refractivity (Wildman–Crippen MR) is 75.2 cm³/mol. The Bertz CT molecular complexity index is 350. The Balaban J connectivity index is 2.33. The van der Waals surface area contributed by atoms with E-state index in [4.69, 9.17) is 15.2 Å². The van der Waals surface area contributed by atoms with E-state index in [1.54, 1.807) is 0 Å². The summed E-state index contributed by atoms with van der Waals surface area (Å²) in [7, 11) is 0. The lowest BCUT2D eigenvalue weighted by Crippen LogP contribution is -2.23. The molecule has 1 aromatic rings. The number of hydrogen-bond acceptors (Lipinski definition) is 3. The number of rotatable bonds is 8. The Labute approximate surface area is 110 Å². The minimum absolute atomic E-state index is 0.205. The smallest absolute Gasteiger partial charge is 0.122 e. The third-order valence-electron chi connectivity index (χ3n) is 2.94. The topological polar surface area (TPSA) is 44.5 Å². The zero-order valence-electron chi connectivity index (χ0n) is 11.7. The fourth-order valence-electron chi connectivity index (χ4n) is 1.66. The van der Waals surface area contributed by atoms with Crippen LogP contribution in [0.3, 0.4) is 0 Å². The summed E-state index contributed by atoms with van der Waals surface area (Å²) < 4.78 is 11.1. The second kappa shape index (κ2) is 7.27. The molecule has 0 heterocycles. The molecule has 1 rings (SSSR count). The molecule has 0 saturated heterocycles. The van der Waals surface area contributed by atoms with Crippen molar-refractivity contribution in [1.82, 2.24) is 0 Å². The van der Waals surface area contributed by atoms with E-state index in [1.165, 1.54) is 0 Å². The first-order chi connectivity index (χ1) is 8.57. The standard InChI is InChI=1S/C15H25NO2/c1-4-17-13-7-5-8-14(11-13)18-10-6-9-15(2,3)12-16/h5,7-8,11H,4,6,9-10,12,16H2,1-3H3. The molecule has 0 aliphatic carbocycles. The highest BCUT2D eigenvalue weighted by Crippen LogP contribution is 2.22. The van der Waals surface area contributed by atoms with Crippen LogP contribution in [0.25, 0.3) is 0 Å². The van der Waals surface area contributed by atoms with Crippen LogP contribution in [0.1, 0.15) is 33.6 Å². The van der Waals surface area contributed by atoms with Gasteiger partial charge in [-0.05, 0) is 43.9 Å². The minimum atomic E-state index is 0.205. The fourth-order valence-corrected chi connectivity index (χ4v) is 1.66. The highest BCUT2D eigenvalue weighted by Gasteiger charge is 2.14. The largest absolute Gasteiger partial charge is 0.494 e. The molecule has 0 radical (unpaired) electrons. The van der Waals surface area contributed by atoms with Crippen LogP contribution in [-0.2, 0) is 0 Å². The molecule has 0 aliphatic rings. The van der Waals surface area contributed by atoms with Crippen LogP contribution < -0.4 is 15.2 Å². The van der Waals surface area contributed by atoms with Crippen LogP contribution in [0.4, 0.5) is 0 Å². The summed E-state index contributed by atoms with van der Waals surface area (Å²) in [4.78, 5) is 0. The normalized spacial score (nSPS) is 11.3. The molecule has 0 aromatic heterocycles. The summed E-state index contributed by atoms with van der Waals surface area (Å²) in [6, 6.07) is 7.77. The van der Waals surface area contributed by atoms with Crippen molar-refractivity contribution >= 4 is 0 Å². The molecule has 0 spiro atoms. The van der Waals surface area contributed by atoms with E-state index in [2.05, 4.69) is 13.8 Å². The maximum absolute atomic E-state index is 5.71. The molecule has 0 unspecified atom stereocenters. The van der Waals surface area contributed by atoms with E-state index in [0.29, 0.717) is 13.2 Å². The molecule has 3 heteroatoms. The number of nitrogens with two attached hydrogens (primary N) is 1. The quantitative estimate of drug-likeness (QED) is 0.721. The summed E-state index contributed by atoms with van der Waals surface area (Å²) >= 11 is 0. The zero-order valence-corrected chi connectivity index (χ0v) is 11.7. The molecule has 0 amide bonds. The Hall–Kier alpha value is -1.22. The second-order valence-corrected chi connectivity index (χ2v) is 5.23. The molecular formula is C15H25NO2. The van der Waals surface area contributed by atoms with Crippen molar-refractivity contribution in [2.75, 3.05) is 19.8 Å². The zero-order chi connectivity index (χ0) is 13.4. The SMILES string of the molecule is CCOc1cccc(OCCCC(C)(C)CN)c1. The van der Waals surface area contributed by atoms with Crippen molar-refractivity contribution in [3.8, 4) is 11.5 Å². The maximum Gasteiger partial charge on any atom is 0.122 e. The van der Waals surface area contributed by atoms with Crippen LogP contribution in [0.2, 0.25) is 0 Å². The molecule has 0 bridgehead atoms. The van der Waals surface area contributed by atoms with E-state index in [9.17, 15) is 0 Å². The van der Waals surface area contributed by atoms with Gasteiger partial charge in [-0.15, -0.1) is 0 Å². The predicted octanol–water partition coefficient (Wildman–Crippen LogP) is 3.23. The molecule has 18 heavy (non-hydrogen) atoms. The van der Waals surface area contributed by atoms with Gasteiger partial charge in [0.15, 0.2) is 0 Å². The highest BCUT2D eigenvalue weighted by atomic mass is 16.5. The molecular weight excluding hydrogens is 226 g/mol. The number of hydrogen-bond donors (Lipinski definition) is 1. The average molecular weight is 251 g/mol. The number of ether oxygens (including phenoxy) is 2. The van der Waals surface area contributed by atoms with E-state index in [0.717, 1.165) is 30.9 Å². The summed E-state index contributed by atoms with van der Waals surface area (Å²) in [6.07, 6.45) is 2.09. The van der Waals surface area contributed by atoms with Gasteiger partial charge in [-0.3, -0.25) is 0 Å². The summed E-state index contributed by atoms with van der Waals surface area (Å²) in [5.41, 5.74) is 5.90. The van der Waals surface area contributed by atoms with Gasteiger partial charge < -0.3 is 15.2 Å².